The lowest BCUT2D eigenvalue weighted by Gasteiger charge is -2.37. The molecule has 0 bridgehead atoms. The van der Waals surface area contributed by atoms with Gasteiger partial charge in [-0.2, -0.15) is 14.1 Å². The van der Waals surface area contributed by atoms with Crippen LogP contribution in [0.1, 0.15) is 33.1 Å². The monoisotopic (exact) mass is 466 g/mol. The SMILES string of the molecule is CC(C)S(=O)(=O)N1CCN(c2cnn(-c3cccc(Cl)c3)c(=O)c2OC2CCC2)CC1. The largest absolute Gasteiger partial charge is 0.483 e. The molecule has 8 nitrogen and oxygen atoms in total. The van der Waals surface area contributed by atoms with Crippen LogP contribution in [-0.2, 0) is 10.0 Å². The highest BCUT2D eigenvalue weighted by molar-refractivity contribution is 7.89. The summed E-state index contributed by atoms with van der Waals surface area (Å²) in [5.74, 6) is 0.264. The maximum atomic E-state index is 13.3. The third kappa shape index (κ3) is 4.44. The Labute approximate surface area is 187 Å². The van der Waals surface area contributed by atoms with Crippen LogP contribution < -0.4 is 15.2 Å². The zero-order valence-corrected chi connectivity index (χ0v) is 19.3. The number of hydrogen-bond acceptors (Lipinski definition) is 6. The Bertz CT molecular complexity index is 1110. The molecular formula is C21H27ClN4O4S. The molecule has 4 rings (SSSR count). The fraction of sp³-hybridized carbons (Fsp3) is 0.524. The number of anilines is 1. The number of halogens is 1. The highest BCUT2D eigenvalue weighted by Crippen LogP contribution is 2.31. The van der Waals surface area contributed by atoms with Crippen molar-refractivity contribution in [1.82, 2.24) is 14.1 Å². The van der Waals surface area contributed by atoms with Gasteiger partial charge in [0.1, 0.15) is 5.69 Å². The average Bonchev–Trinajstić information content (AvgIpc) is 2.71. The summed E-state index contributed by atoms with van der Waals surface area (Å²) in [7, 11) is -3.30. The molecule has 1 aromatic heterocycles. The zero-order chi connectivity index (χ0) is 22.2. The third-order valence-electron chi connectivity index (χ3n) is 5.84. The van der Waals surface area contributed by atoms with E-state index in [4.69, 9.17) is 16.3 Å². The van der Waals surface area contributed by atoms with E-state index in [1.807, 2.05) is 4.90 Å². The van der Waals surface area contributed by atoms with Gasteiger partial charge in [0.25, 0.3) is 0 Å². The molecule has 10 heteroatoms. The van der Waals surface area contributed by atoms with E-state index in [2.05, 4.69) is 5.10 Å². The second-order valence-corrected chi connectivity index (χ2v) is 11.1. The Kier molecular flexibility index (Phi) is 6.27. The van der Waals surface area contributed by atoms with Crippen molar-refractivity contribution in [2.24, 2.45) is 0 Å². The molecule has 1 saturated heterocycles. The van der Waals surface area contributed by atoms with Crippen molar-refractivity contribution >= 4 is 27.3 Å². The lowest BCUT2D eigenvalue weighted by Crippen LogP contribution is -2.51. The summed E-state index contributed by atoms with van der Waals surface area (Å²) in [4.78, 5) is 15.3. The van der Waals surface area contributed by atoms with E-state index in [1.54, 1.807) is 44.3 Å². The zero-order valence-electron chi connectivity index (χ0n) is 17.7. The van der Waals surface area contributed by atoms with Crippen LogP contribution in [0.3, 0.4) is 0 Å². The Hall–Kier alpha value is -2.10. The number of ether oxygens (including phenoxy) is 1. The smallest absolute Gasteiger partial charge is 0.316 e. The lowest BCUT2D eigenvalue weighted by atomic mass is 9.96. The summed E-state index contributed by atoms with van der Waals surface area (Å²) in [6.07, 6.45) is 4.56. The Morgan fingerprint density at radius 3 is 2.45 bits per heavy atom. The highest BCUT2D eigenvalue weighted by atomic mass is 35.5. The van der Waals surface area contributed by atoms with E-state index in [9.17, 15) is 13.2 Å². The summed E-state index contributed by atoms with van der Waals surface area (Å²) in [5, 5.41) is 4.42. The van der Waals surface area contributed by atoms with Gasteiger partial charge < -0.3 is 9.64 Å². The van der Waals surface area contributed by atoms with Crippen LogP contribution in [0.2, 0.25) is 5.02 Å². The van der Waals surface area contributed by atoms with E-state index in [0.29, 0.717) is 42.6 Å². The fourth-order valence-electron chi connectivity index (χ4n) is 3.69. The van der Waals surface area contributed by atoms with Gasteiger partial charge in [-0.1, -0.05) is 17.7 Å². The lowest BCUT2D eigenvalue weighted by molar-refractivity contribution is 0.118. The number of rotatable bonds is 6. The molecule has 2 heterocycles. The maximum Gasteiger partial charge on any atom is 0.316 e. The molecule has 0 N–H and O–H groups in total. The normalized spacial score (nSPS) is 18.3. The molecule has 1 saturated carbocycles. The van der Waals surface area contributed by atoms with Crippen molar-refractivity contribution in [2.75, 3.05) is 31.1 Å². The van der Waals surface area contributed by atoms with Crippen molar-refractivity contribution in [3.05, 3.63) is 45.8 Å². The Morgan fingerprint density at radius 2 is 1.87 bits per heavy atom. The van der Waals surface area contributed by atoms with Gasteiger partial charge in [0, 0.05) is 31.2 Å². The molecular weight excluding hydrogens is 440 g/mol. The summed E-state index contributed by atoms with van der Waals surface area (Å²) < 4.78 is 33.9. The van der Waals surface area contributed by atoms with Crippen LogP contribution >= 0.6 is 11.6 Å². The van der Waals surface area contributed by atoms with E-state index < -0.39 is 15.3 Å². The minimum atomic E-state index is -3.30. The highest BCUT2D eigenvalue weighted by Gasteiger charge is 2.32. The van der Waals surface area contributed by atoms with Gasteiger partial charge in [0.15, 0.2) is 0 Å². The van der Waals surface area contributed by atoms with Crippen molar-refractivity contribution in [2.45, 2.75) is 44.5 Å². The first-order valence-corrected chi connectivity index (χ1v) is 12.4. The number of nitrogens with zero attached hydrogens (tertiary/aromatic N) is 4. The Morgan fingerprint density at radius 1 is 1.16 bits per heavy atom. The molecule has 1 aliphatic carbocycles. The molecule has 0 atom stereocenters. The van der Waals surface area contributed by atoms with Gasteiger partial charge >= 0.3 is 5.56 Å². The van der Waals surface area contributed by atoms with Crippen molar-refractivity contribution in [1.29, 1.82) is 0 Å². The predicted octanol–water partition coefficient (Wildman–Crippen LogP) is 2.68. The first-order chi connectivity index (χ1) is 14.8. The van der Waals surface area contributed by atoms with Crippen LogP contribution in [0.5, 0.6) is 5.75 Å². The molecule has 1 aromatic carbocycles. The second kappa shape index (κ2) is 8.80. The minimum Gasteiger partial charge on any atom is -0.483 e. The molecule has 2 aromatic rings. The number of aromatic nitrogens is 2. The first kappa shape index (κ1) is 22.1. The predicted molar refractivity (Wildman–Crippen MR) is 121 cm³/mol. The maximum absolute atomic E-state index is 13.3. The third-order valence-corrected chi connectivity index (χ3v) is 8.35. The molecule has 2 aliphatic rings. The van der Waals surface area contributed by atoms with Crippen LogP contribution in [0.4, 0.5) is 5.69 Å². The van der Waals surface area contributed by atoms with Crippen LogP contribution in [0.15, 0.2) is 35.3 Å². The van der Waals surface area contributed by atoms with Gasteiger partial charge in [0.05, 0.1) is 23.2 Å². The van der Waals surface area contributed by atoms with E-state index in [0.717, 1.165) is 19.3 Å². The molecule has 0 spiro atoms. The molecule has 0 unspecified atom stereocenters. The Balaban J connectivity index is 1.65. The van der Waals surface area contributed by atoms with E-state index >= 15 is 0 Å². The molecule has 1 aliphatic heterocycles. The summed E-state index contributed by atoms with van der Waals surface area (Å²) >= 11 is 6.09. The molecule has 168 valence electrons. The van der Waals surface area contributed by atoms with Crippen molar-refractivity contribution in [3.63, 3.8) is 0 Å². The van der Waals surface area contributed by atoms with Gasteiger partial charge in [-0.15, -0.1) is 0 Å². The van der Waals surface area contributed by atoms with Gasteiger partial charge in [-0.25, -0.2) is 8.42 Å². The minimum absolute atomic E-state index is 0.0178. The average molecular weight is 467 g/mol. The molecule has 31 heavy (non-hydrogen) atoms. The summed E-state index contributed by atoms with van der Waals surface area (Å²) in [6, 6.07) is 6.95. The number of sulfonamides is 1. The van der Waals surface area contributed by atoms with Gasteiger partial charge in [-0.3, -0.25) is 4.79 Å². The summed E-state index contributed by atoms with van der Waals surface area (Å²) in [5.41, 5.74) is 0.830. The van der Waals surface area contributed by atoms with Crippen molar-refractivity contribution in [3.8, 4) is 11.4 Å². The first-order valence-electron chi connectivity index (χ1n) is 10.6. The van der Waals surface area contributed by atoms with Gasteiger partial charge in [-0.05, 0) is 51.3 Å². The van der Waals surface area contributed by atoms with Gasteiger partial charge in [0.2, 0.25) is 15.8 Å². The van der Waals surface area contributed by atoms with E-state index in [-0.39, 0.29) is 17.4 Å². The van der Waals surface area contributed by atoms with Crippen LogP contribution in [0.25, 0.3) is 5.69 Å². The van der Waals surface area contributed by atoms with Crippen molar-refractivity contribution < 1.29 is 13.2 Å². The molecule has 0 amide bonds. The van der Waals surface area contributed by atoms with E-state index in [1.165, 1.54) is 8.99 Å². The number of hydrogen-bond donors (Lipinski definition) is 0. The fourth-order valence-corrected chi connectivity index (χ4v) is 5.15. The number of benzene rings is 1. The second-order valence-electron chi connectivity index (χ2n) is 8.21. The summed E-state index contributed by atoms with van der Waals surface area (Å²) in [6.45, 7) is 5.03. The standard InChI is InChI=1S/C21H27ClN4O4S/c1-15(2)31(28,29)25-11-9-24(10-12-25)19-14-23-26(17-6-3-5-16(22)13-17)21(27)20(19)30-18-7-4-8-18/h3,5-6,13-15,18H,4,7-12H2,1-2H3. The molecule has 0 radical (unpaired) electrons. The number of piperazine rings is 1. The molecule has 2 fully saturated rings. The van der Waals surface area contributed by atoms with Crippen LogP contribution in [0, 0.1) is 0 Å². The van der Waals surface area contributed by atoms with Crippen LogP contribution in [-0.4, -0.2) is 60.0 Å². The topological polar surface area (TPSA) is 84.7 Å². The quantitative estimate of drug-likeness (QED) is 0.650.